The Hall–Kier alpha value is -1.58. The Kier molecular flexibility index (Phi) is 3.06. The Morgan fingerprint density at radius 1 is 1.57 bits per heavy atom. The number of benzene rings is 1. The van der Waals surface area contributed by atoms with Gasteiger partial charge in [-0.1, -0.05) is 0 Å². The molecule has 0 heterocycles. The van der Waals surface area contributed by atoms with Gasteiger partial charge < -0.3 is 9.84 Å². The van der Waals surface area contributed by atoms with Crippen LogP contribution in [0.1, 0.15) is 12.5 Å². The lowest BCUT2D eigenvalue weighted by Crippen LogP contribution is -1.98. The SMILES string of the molecule is COc1cc(O)c(CC(C)=O)cc1F. The molecule has 0 bridgehead atoms. The highest BCUT2D eigenvalue weighted by atomic mass is 19.1. The van der Waals surface area contributed by atoms with Crippen molar-refractivity contribution in [2.45, 2.75) is 13.3 Å². The number of aromatic hydroxyl groups is 1. The predicted octanol–water partition coefficient (Wildman–Crippen LogP) is 1.67. The lowest BCUT2D eigenvalue weighted by molar-refractivity contribution is -0.116. The van der Waals surface area contributed by atoms with Gasteiger partial charge in [0.1, 0.15) is 11.5 Å². The van der Waals surface area contributed by atoms with Crippen LogP contribution >= 0.6 is 0 Å². The van der Waals surface area contributed by atoms with Gasteiger partial charge in [-0.15, -0.1) is 0 Å². The number of rotatable bonds is 3. The van der Waals surface area contributed by atoms with Crippen molar-refractivity contribution in [1.29, 1.82) is 0 Å². The van der Waals surface area contributed by atoms with Gasteiger partial charge in [0.2, 0.25) is 0 Å². The molecule has 1 N–H and O–H groups in total. The highest BCUT2D eigenvalue weighted by Crippen LogP contribution is 2.27. The van der Waals surface area contributed by atoms with Crippen molar-refractivity contribution in [2.24, 2.45) is 0 Å². The van der Waals surface area contributed by atoms with Crippen LogP contribution in [0.5, 0.6) is 11.5 Å². The van der Waals surface area contributed by atoms with Crippen molar-refractivity contribution < 1.29 is 19.0 Å². The summed E-state index contributed by atoms with van der Waals surface area (Å²) in [6.07, 6.45) is 0.0206. The number of phenolic OH excluding ortho intramolecular Hbond substituents is 1. The Morgan fingerprint density at radius 3 is 2.71 bits per heavy atom. The number of carbonyl (C=O) groups is 1. The van der Waals surface area contributed by atoms with Crippen LogP contribution in [0.15, 0.2) is 12.1 Å². The first kappa shape index (κ1) is 10.5. The molecule has 0 aliphatic carbocycles. The van der Waals surface area contributed by atoms with Crippen LogP contribution in [0, 0.1) is 5.82 Å². The maximum absolute atomic E-state index is 13.1. The van der Waals surface area contributed by atoms with Gasteiger partial charge in [-0.25, -0.2) is 4.39 Å². The number of carbonyl (C=O) groups excluding carboxylic acids is 1. The zero-order chi connectivity index (χ0) is 10.7. The molecule has 0 saturated heterocycles. The van der Waals surface area contributed by atoms with Crippen molar-refractivity contribution in [3.05, 3.63) is 23.5 Å². The van der Waals surface area contributed by atoms with E-state index in [0.717, 1.165) is 12.1 Å². The minimum Gasteiger partial charge on any atom is -0.508 e. The van der Waals surface area contributed by atoms with Crippen LogP contribution in [0.25, 0.3) is 0 Å². The number of halogens is 1. The second-order valence-electron chi connectivity index (χ2n) is 2.99. The number of ketones is 1. The third kappa shape index (κ3) is 2.22. The average molecular weight is 198 g/mol. The molecule has 14 heavy (non-hydrogen) atoms. The molecule has 76 valence electrons. The first-order valence-corrected chi connectivity index (χ1v) is 4.09. The van der Waals surface area contributed by atoms with E-state index in [0.29, 0.717) is 0 Å². The largest absolute Gasteiger partial charge is 0.508 e. The maximum Gasteiger partial charge on any atom is 0.165 e. The van der Waals surface area contributed by atoms with Gasteiger partial charge in [0, 0.05) is 18.1 Å². The third-order valence-corrected chi connectivity index (χ3v) is 1.79. The molecule has 0 aliphatic heterocycles. The zero-order valence-corrected chi connectivity index (χ0v) is 8.00. The van der Waals surface area contributed by atoms with E-state index in [1.54, 1.807) is 0 Å². The lowest BCUT2D eigenvalue weighted by atomic mass is 10.1. The summed E-state index contributed by atoms with van der Waals surface area (Å²) < 4.78 is 17.8. The van der Waals surface area contributed by atoms with Crippen LogP contribution in [0.2, 0.25) is 0 Å². The van der Waals surface area contributed by atoms with Gasteiger partial charge in [-0.2, -0.15) is 0 Å². The molecule has 0 aliphatic rings. The van der Waals surface area contributed by atoms with E-state index in [1.165, 1.54) is 14.0 Å². The summed E-state index contributed by atoms with van der Waals surface area (Å²) in [5.41, 5.74) is 0.274. The molecule has 0 unspecified atom stereocenters. The van der Waals surface area contributed by atoms with Crippen LogP contribution < -0.4 is 4.74 Å². The normalized spacial score (nSPS) is 9.93. The van der Waals surface area contributed by atoms with E-state index in [9.17, 15) is 14.3 Å². The first-order chi connectivity index (χ1) is 6.54. The summed E-state index contributed by atoms with van der Waals surface area (Å²) in [7, 11) is 1.31. The second kappa shape index (κ2) is 4.09. The Balaban J connectivity index is 3.08. The van der Waals surface area contributed by atoms with Gasteiger partial charge in [0.05, 0.1) is 7.11 Å². The van der Waals surface area contributed by atoms with E-state index in [4.69, 9.17) is 0 Å². The summed E-state index contributed by atoms with van der Waals surface area (Å²) in [6.45, 7) is 1.38. The Bertz CT molecular complexity index is 361. The Labute approximate surface area is 81.1 Å². The Morgan fingerprint density at radius 2 is 2.21 bits per heavy atom. The van der Waals surface area contributed by atoms with Crippen LogP contribution in [0.3, 0.4) is 0 Å². The predicted molar refractivity (Wildman–Crippen MR) is 49.0 cm³/mol. The summed E-state index contributed by atoms with van der Waals surface area (Å²) in [5.74, 6) is -0.875. The van der Waals surface area contributed by atoms with E-state index in [-0.39, 0.29) is 29.3 Å². The molecule has 3 nitrogen and oxygen atoms in total. The number of hydrogen-bond acceptors (Lipinski definition) is 3. The van der Waals surface area contributed by atoms with E-state index in [1.807, 2.05) is 0 Å². The highest BCUT2D eigenvalue weighted by Gasteiger charge is 2.10. The molecule has 0 aromatic heterocycles. The molecule has 0 fully saturated rings. The molecule has 1 aromatic carbocycles. The standard InChI is InChI=1S/C10H11FO3/c1-6(12)3-7-4-8(11)10(14-2)5-9(7)13/h4-5,13H,3H2,1-2H3. The van der Waals surface area contributed by atoms with Gasteiger partial charge in [-0.05, 0) is 13.0 Å². The molecule has 0 spiro atoms. The lowest BCUT2D eigenvalue weighted by Gasteiger charge is -2.06. The average Bonchev–Trinajstić information content (AvgIpc) is 2.10. The van der Waals surface area contributed by atoms with Crippen molar-refractivity contribution in [3.8, 4) is 11.5 Å². The van der Waals surface area contributed by atoms with Crippen LogP contribution in [-0.2, 0) is 11.2 Å². The minimum absolute atomic E-state index is 0.0206. The third-order valence-electron chi connectivity index (χ3n) is 1.79. The van der Waals surface area contributed by atoms with Crippen molar-refractivity contribution in [3.63, 3.8) is 0 Å². The van der Waals surface area contributed by atoms with E-state index in [2.05, 4.69) is 4.74 Å². The number of ether oxygens (including phenoxy) is 1. The molecule has 1 rings (SSSR count). The molecular weight excluding hydrogens is 187 g/mol. The fourth-order valence-corrected chi connectivity index (χ4v) is 1.15. The number of hydrogen-bond donors (Lipinski definition) is 1. The van der Waals surface area contributed by atoms with Crippen LogP contribution in [-0.4, -0.2) is 18.0 Å². The zero-order valence-electron chi connectivity index (χ0n) is 8.00. The van der Waals surface area contributed by atoms with Crippen molar-refractivity contribution in [2.75, 3.05) is 7.11 Å². The first-order valence-electron chi connectivity index (χ1n) is 4.09. The quantitative estimate of drug-likeness (QED) is 0.803. The topological polar surface area (TPSA) is 46.5 Å². The number of methoxy groups -OCH3 is 1. The van der Waals surface area contributed by atoms with Crippen LogP contribution in [0.4, 0.5) is 4.39 Å². The smallest absolute Gasteiger partial charge is 0.165 e. The van der Waals surface area contributed by atoms with Crippen molar-refractivity contribution in [1.82, 2.24) is 0 Å². The van der Waals surface area contributed by atoms with E-state index >= 15 is 0 Å². The molecule has 0 amide bonds. The number of phenols is 1. The molecular formula is C10H11FO3. The summed E-state index contributed by atoms with van der Waals surface area (Å²) >= 11 is 0. The molecule has 0 atom stereocenters. The van der Waals surface area contributed by atoms with E-state index < -0.39 is 5.82 Å². The van der Waals surface area contributed by atoms with Crippen molar-refractivity contribution >= 4 is 5.78 Å². The highest BCUT2D eigenvalue weighted by molar-refractivity contribution is 5.79. The fraction of sp³-hybridized carbons (Fsp3) is 0.300. The monoisotopic (exact) mass is 198 g/mol. The number of Topliss-reactive ketones (excluding diaryl/α,β-unsaturated/α-hetero) is 1. The molecule has 4 heteroatoms. The summed E-state index contributed by atoms with van der Waals surface area (Å²) in [6, 6.07) is 2.27. The molecule has 0 radical (unpaired) electrons. The van der Waals surface area contributed by atoms with Gasteiger partial charge in [0.25, 0.3) is 0 Å². The minimum atomic E-state index is -0.582. The van der Waals surface area contributed by atoms with Gasteiger partial charge in [-0.3, -0.25) is 4.79 Å². The fourth-order valence-electron chi connectivity index (χ4n) is 1.15. The second-order valence-corrected chi connectivity index (χ2v) is 2.99. The van der Waals surface area contributed by atoms with Gasteiger partial charge in [0.15, 0.2) is 11.6 Å². The summed E-state index contributed by atoms with van der Waals surface area (Å²) in [4.78, 5) is 10.8. The summed E-state index contributed by atoms with van der Waals surface area (Å²) in [5, 5.41) is 9.40. The maximum atomic E-state index is 13.1. The molecule has 0 saturated carbocycles. The molecule has 1 aromatic rings. The van der Waals surface area contributed by atoms with Gasteiger partial charge >= 0.3 is 0 Å².